The van der Waals surface area contributed by atoms with Crippen LogP contribution < -0.4 is 0 Å². The molecule has 0 aromatic heterocycles. The van der Waals surface area contributed by atoms with Crippen molar-refractivity contribution in [3.63, 3.8) is 0 Å². The molecule has 0 spiro atoms. The number of allylic oxidation sites excluding steroid dienone is 4. The number of Topliss-reactive ketones (excluding diaryl/α,β-unsaturated/α-hetero) is 1. The summed E-state index contributed by atoms with van der Waals surface area (Å²) in [5.74, 6) is 0.370. The van der Waals surface area contributed by atoms with Gasteiger partial charge < -0.3 is 0 Å². The van der Waals surface area contributed by atoms with E-state index < -0.39 is 0 Å². The van der Waals surface area contributed by atoms with Gasteiger partial charge in [0.15, 0.2) is 5.78 Å². The van der Waals surface area contributed by atoms with Crippen molar-refractivity contribution in [1.82, 2.24) is 0 Å². The molecule has 0 bridgehead atoms. The van der Waals surface area contributed by atoms with Gasteiger partial charge >= 0.3 is 0 Å². The maximum absolute atomic E-state index is 11.5. The molecule has 0 saturated heterocycles. The van der Waals surface area contributed by atoms with E-state index in [9.17, 15) is 4.79 Å². The van der Waals surface area contributed by atoms with Crippen molar-refractivity contribution in [3.05, 3.63) is 23.3 Å². The monoisotopic (exact) mass is 162 g/mol. The van der Waals surface area contributed by atoms with Gasteiger partial charge in [0.25, 0.3) is 0 Å². The number of rotatable bonds is 0. The zero-order chi connectivity index (χ0) is 8.39. The molecule has 0 aliphatic heterocycles. The van der Waals surface area contributed by atoms with Crippen LogP contribution in [0.5, 0.6) is 0 Å². The van der Waals surface area contributed by atoms with Crippen LogP contribution in [0.2, 0.25) is 0 Å². The SMILES string of the molecule is O=C1CC=CC2=C1CCCCC2. The smallest absolute Gasteiger partial charge is 0.162 e. The fourth-order valence-corrected chi connectivity index (χ4v) is 2.04. The van der Waals surface area contributed by atoms with E-state index in [4.69, 9.17) is 0 Å². The van der Waals surface area contributed by atoms with Crippen LogP contribution in [0, 0.1) is 0 Å². The quantitative estimate of drug-likeness (QED) is 0.535. The normalized spacial score (nSPS) is 23.8. The van der Waals surface area contributed by atoms with E-state index in [0.717, 1.165) is 18.4 Å². The number of hydrogen-bond acceptors (Lipinski definition) is 1. The first-order chi connectivity index (χ1) is 5.88. The number of ketones is 1. The Labute approximate surface area is 73.2 Å². The minimum atomic E-state index is 0.370. The molecule has 2 aliphatic rings. The van der Waals surface area contributed by atoms with Gasteiger partial charge in [-0.25, -0.2) is 0 Å². The third-order valence-corrected chi connectivity index (χ3v) is 2.72. The maximum Gasteiger partial charge on any atom is 0.162 e. The zero-order valence-corrected chi connectivity index (χ0v) is 7.31. The van der Waals surface area contributed by atoms with Crippen LogP contribution in [0.1, 0.15) is 38.5 Å². The van der Waals surface area contributed by atoms with E-state index in [1.54, 1.807) is 0 Å². The molecule has 0 aromatic rings. The summed E-state index contributed by atoms with van der Waals surface area (Å²) in [5.41, 5.74) is 2.46. The van der Waals surface area contributed by atoms with Crippen LogP contribution in [0.3, 0.4) is 0 Å². The Morgan fingerprint density at radius 1 is 1.08 bits per heavy atom. The Morgan fingerprint density at radius 2 is 1.92 bits per heavy atom. The summed E-state index contributed by atoms with van der Waals surface area (Å²) in [4.78, 5) is 11.5. The Morgan fingerprint density at radius 3 is 2.83 bits per heavy atom. The highest BCUT2D eigenvalue weighted by atomic mass is 16.1. The topological polar surface area (TPSA) is 17.1 Å². The molecule has 0 saturated carbocycles. The van der Waals surface area contributed by atoms with Crippen LogP contribution in [0.4, 0.5) is 0 Å². The first-order valence-electron chi connectivity index (χ1n) is 4.80. The summed E-state index contributed by atoms with van der Waals surface area (Å²) in [6, 6.07) is 0. The second-order valence-electron chi connectivity index (χ2n) is 3.59. The maximum atomic E-state index is 11.5. The van der Waals surface area contributed by atoms with Gasteiger partial charge in [0.1, 0.15) is 0 Å². The summed E-state index contributed by atoms with van der Waals surface area (Å²) in [6.45, 7) is 0. The van der Waals surface area contributed by atoms with E-state index in [2.05, 4.69) is 6.08 Å². The van der Waals surface area contributed by atoms with Crippen molar-refractivity contribution in [3.8, 4) is 0 Å². The fraction of sp³-hybridized carbons (Fsp3) is 0.545. The fourth-order valence-electron chi connectivity index (χ4n) is 2.04. The first-order valence-corrected chi connectivity index (χ1v) is 4.80. The van der Waals surface area contributed by atoms with Crippen molar-refractivity contribution in [2.45, 2.75) is 38.5 Å². The van der Waals surface area contributed by atoms with Crippen LogP contribution in [0.25, 0.3) is 0 Å². The molecule has 2 aliphatic carbocycles. The number of hydrogen-bond donors (Lipinski definition) is 0. The van der Waals surface area contributed by atoms with E-state index in [-0.39, 0.29) is 0 Å². The van der Waals surface area contributed by atoms with Crippen LogP contribution in [-0.2, 0) is 4.79 Å². The summed E-state index contributed by atoms with van der Waals surface area (Å²) in [6.07, 6.45) is 10.7. The lowest BCUT2D eigenvalue weighted by molar-refractivity contribution is -0.115. The average molecular weight is 162 g/mol. The minimum Gasteiger partial charge on any atom is -0.294 e. The van der Waals surface area contributed by atoms with Crippen molar-refractivity contribution in [1.29, 1.82) is 0 Å². The highest BCUT2D eigenvalue weighted by Gasteiger charge is 2.17. The van der Waals surface area contributed by atoms with Crippen LogP contribution >= 0.6 is 0 Å². The predicted molar refractivity (Wildman–Crippen MR) is 48.9 cm³/mol. The lowest BCUT2D eigenvalue weighted by atomic mass is 9.93. The molecule has 0 aromatic carbocycles. The van der Waals surface area contributed by atoms with E-state index in [1.165, 1.54) is 24.8 Å². The number of carbonyl (C=O) groups excluding carboxylic acids is 1. The molecule has 0 heterocycles. The Hall–Kier alpha value is -0.850. The highest BCUT2D eigenvalue weighted by molar-refractivity contribution is 5.98. The molecular weight excluding hydrogens is 148 g/mol. The lowest BCUT2D eigenvalue weighted by Gasteiger charge is -2.11. The molecule has 64 valence electrons. The zero-order valence-electron chi connectivity index (χ0n) is 7.31. The van der Waals surface area contributed by atoms with Gasteiger partial charge in [-0.15, -0.1) is 0 Å². The largest absolute Gasteiger partial charge is 0.294 e. The molecule has 0 fully saturated rings. The van der Waals surface area contributed by atoms with Crippen molar-refractivity contribution in [2.75, 3.05) is 0 Å². The second-order valence-corrected chi connectivity index (χ2v) is 3.59. The third-order valence-electron chi connectivity index (χ3n) is 2.72. The second kappa shape index (κ2) is 3.26. The molecule has 1 heteroatoms. The Kier molecular flexibility index (Phi) is 2.11. The number of carbonyl (C=O) groups is 1. The van der Waals surface area contributed by atoms with E-state index in [0.29, 0.717) is 12.2 Å². The van der Waals surface area contributed by atoms with Gasteiger partial charge in [-0.2, -0.15) is 0 Å². The molecule has 0 N–H and O–H groups in total. The van der Waals surface area contributed by atoms with Gasteiger partial charge in [-0.05, 0) is 36.8 Å². The van der Waals surface area contributed by atoms with E-state index in [1.807, 2.05) is 6.08 Å². The Balaban J connectivity index is 2.29. The van der Waals surface area contributed by atoms with Crippen molar-refractivity contribution >= 4 is 5.78 Å². The summed E-state index contributed by atoms with van der Waals surface area (Å²) >= 11 is 0. The van der Waals surface area contributed by atoms with Crippen molar-refractivity contribution in [2.24, 2.45) is 0 Å². The van der Waals surface area contributed by atoms with Gasteiger partial charge in [0.2, 0.25) is 0 Å². The van der Waals surface area contributed by atoms with Crippen LogP contribution in [-0.4, -0.2) is 5.78 Å². The molecule has 0 amide bonds. The molecule has 0 radical (unpaired) electrons. The van der Waals surface area contributed by atoms with Gasteiger partial charge in [0.05, 0.1) is 0 Å². The van der Waals surface area contributed by atoms with Gasteiger partial charge in [-0.3, -0.25) is 4.79 Å². The first kappa shape index (κ1) is 7.78. The average Bonchev–Trinajstić information content (AvgIpc) is 2.30. The standard InChI is InChI=1S/C11H14O/c12-11-8-4-6-9-5-2-1-3-7-10(9)11/h4,6H,1-3,5,7-8H2. The summed E-state index contributed by atoms with van der Waals surface area (Å²) < 4.78 is 0. The lowest BCUT2D eigenvalue weighted by Crippen LogP contribution is -2.06. The Bertz CT molecular complexity index is 258. The van der Waals surface area contributed by atoms with Gasteiger partial charge in [0, 0.05) is 6.42 Å². The van der Waals surface area contributed by atoms with E-state index >= 15 is 0 Å². The van der Waals surface area contributed by atoms with Crippen molar-refractivity contribution < 1.29 is 4.79 Å². The molecule has 0 unspecified atom stereocenters. The molecule has 2 rings (SSSR count). The molecule has 1 nitrogen and oxygen atoms in total. The third kappa shape index (κ3) is 1.36. The predicted octanol–water partition coefficient (Wildman–Crippen LogP) is 2.78. The molecule has 12 heavy (non-hydrogen) atoms. The highest BCUT2D eigenvalue weighted by Crippen LogP contribution is 2.28. The molecule has 0 atom stereocenters. The van der Waals surface area contributed by atoms with Gasteiger partial charge in [-0.1, -0.05) is 18.6 Å². The summed E-state index contributed by atoms with van der Waals surface area (Å²) in [5, 5.41) is 0. The van der Waals surface area contributed by atoms with Crippen LogP contribution in [0.15, 0.2) is 23.3 Å². The summed E-state index contributed by atoms with van der Waals surface area (Å²) in [7, 11) is 0. The minimum absolute atomic E-state index is 0.370. The molecular formula is C11H14O.